The third kappa shape index (κ3) is 3.27. The van der Waals surface area contributed by atoms with Crippen molar-refractivity contribution in [2.45, 2.75) is 5.92 Å². The molecule has 0 unspecified atom stereocenters. The van der Waals surface area contributed by atoms with Crippen LogP contribution < -0.4 is 5.46 Å². The minimum Gasteiger partial charge on any atom is -0.423 e. The van der Waals surface area contributed by atoms with Gasteiger partial charge in [0.25, 0.3) is 0 Å². The highest BCUT2D eigenvalue weighted by Crippen LogP contribution is 2.33. The van der Waals surface area contributed by atoms with E-state index in [-0.39, 0.29) is 5.92 Å². The maximum absolute atomic E-state index is 9.38. The topological polar surface area (TPSA) is 40.5 Å². The summed E-state index contributed by atoms with van der Waals surface area (Å²) in [6.45, 7) is 0. The van der Waals surface area contributed by atoms with Crippen molar-refractivity contribution in [1.82, 2.24) is 0 Å². The number of fused-ring (bicyclic) bond motifs is 1. The second kappa shape index (κ2) is 7.16. The molecule has 0 fully saturated rings. The van der Waals surface area contributed by atoms with E-state index in [0.29, 0.717) is 5.46 Å². The summed E-state index contributed by atoms with van der Waals surface area (Å²) < 4.78 is 0. The first-order valence-electron chi connectivity index (χ1n) is 8.72. The Balaban J connectivity index is 1.84. The summed E-state index contributed by atoms with van der Waals surface area (Å²) in [5.74, 6) is 0.157. The van der Waals surface area contributed by atoms with Crippen LogP contribution in [0.25, 0.3) is 10.8 Å². The molecule has 2 N–H and O–H groups in total. The van der Waals surface area contributed by atoms with Crippen LogP contribution in [0.3, 0.4) is 0 Å². The molecule has 0 atom stereocenters. The van der Waals surface area contributed by atoms with Gasteiger partial charge in [0.2, 0.25) is 0 Å². The Kier molecular flexibility index (Phi) is 4.57. The average Bonchev–Trinajstić information content (AvgIpc) is 2.69. The molecule has 0 bridgehead atoms. The van der Waals surface area contributed by atoms with Crippen molar-refractivity contribution in [1.29, 1.82) is 0 Å². The van der Waals surface area contributed by atoms with Crippen molar-refractivity contribution in [3.8, 4) is 0 Å². The van der Waals surface area contributed by atoms with E-state index in [0.717, 1.165) is 10.8 Å². The fourth-order valence-electron chi connectivity index (χ4n) is 3.49. The van der Waals surface area contributed by atoms with Crippen molar-refractivity contribution < 1.29 is 10.0 Å². The number of hydrogen-bond acceptors (Lipinski definition) is 2. The van der Waals surface area contributed by atoms with Gasteiger partial charge in [0.05, 0.1) is 0 Å². The molecule has 4 rings (SSSR count). The van der Waals surface area contributed by atoms with Crippen LogP contribution in [-0.4, -0.2) is 17.2 Å². The molecule has 126 valence electrons. The lowest BCUT2D eigenvalue weighted by Crippen LogP contribution is -2.29. The van der Waals surface area contributed by atoms with Crippen LogP contribution in [0, 0.1) is 0 Å². The standard InChI is InChI=1S/C23H19BO2/c25-24(26)22-14-13-19-15-21(12-11-20(19)16-22)23(17-7-3-1-4-8-17)18-9-5-2-6-10-18/h1-16,23,25-26H. The average molecular weight is 338 g/mol. The summed E-state index contributed by atoms with van der Waals surface area (Å²) >= 11 is 0. The fraction of sp³-hybridized carbons (Fsp3) is 0.0435. The quantitative estimate of drug-likeness (QED) is 0.440. The maximum atomic E-state index is 9.38. The zero-order valence-corrected chi connectivity index (χ0v) is 14.3. The predicted molar refractivity (Wildman–Crippen MR) is 108 cm³/mol. The van der Waals surface area contributed by atoms with Gasteiger partial charge in [0.1, 0.15) is 0 Å². The molecule has 0 aliphatic carbocycles. The summed E-state index contributed by atoms with van der Waals surface area (Å²) in [5, 5.41) is 20.8. The van der Waals surface area contributed by atoms with Gasteiger partial charge < -0.3 is 10.0 Å². The Labute approximate surface area is 153 Å². The zero-order chi connectivity index (χ0) is 17.9. The molecule has 4 aromatic rings. The number of hydrogen-bond donors (Lipinski definition) is 2. The molecule has 0 radical (unpaired) electrons. The van der Waals surface area contributed by atoms with E-state index in [2.05, 4.69) is 66.7 Å². The van der Waals surface area contributed by atoms with E-state index in [4.69, 9.17) is 0 Å². The maximum Gasteiger partial charge on any atom is 0.488 e. The van der Waals surface area contributed by atoms with Crippen LogP contribution in [0.5, 0.6) is 0 Å². The first-order chi connectivity index (χ1) is 12.7. The van der Waals surface area contributed by atoms with Crippen LogP contribution in [0.4, 0.5) is 0 Å². The van der Waals surface area contributed by atoms with Crippen LogP contribution in [0.15, 0.2) is 97.1 Å². The van der Waals surface area contributed by atoms with Crippen molar-refractivity contribution in [3.63, 3.8) is 0 Å². The monoisotopic (exact) mass is 338 g/mol. The Morgan fingerprint density at radius 1 is 0.538 bits per heavy atom. The van der Waals surface area contributed by atoms with Crippen molar-refractivity contribution in [2.75, 3.05) is 0 Å². The Bertz CT molecular complexity index is 974. The highest BCUT2D eigenvalue weighted by Gasteiger charge is 2.17. The minimum atomic E-state index is -1.44. The lowest BCUT2D eigenvalue weighted by Gasteiger charge is -2.19. The Morgan fingerprint density at radius 3 is 1.65 bits per heavy atom. The Hall–Kier alpha value is -2.88. The summed E-state index contributed by atoms with van der Waals surface area (Å²) in [4.78, 5) is 0. The first kappa shape index (κ1) is 16.6. The van der Waals surface area contributed by atoms with E-state index in [9.17, 15) is 10.0 Å². The molecule has 0 aliphatic rings. The van der Waals surface area contributed by atoms with Gasteiger partial charge >= 0.3 is 7.12 Å². The van der Waals surface area contributed by atoms with Crippen molar-refractivity contribution >= 4 is 23.4 Å². The largest absolute Gasteiger partial charge is 0.488 e. The number of rotatable bonds is 4. The second-order valence-corrected chi connectivity index (χ2v) is 6.49. The predicted octanol–water partition coefficient (Wildman–Crippen LogP) is 3.70. The highest BCUT2D eigenvalue weighted by molar-refractivity contribution is 6.58. The fourth-order valence-corrected chi connectivity index (χ4v) is 3.49. The molecule has 0 spiro atoms. The molecule has 0 aliphatic heterocycles. The molecular formula is C23H19BO2. The van der Waals surface area contributed by atoms with Crippen LogP contribution in [-0.2, 0) is 0 Å². The third-order valence-electron chi connectivity index (χ3n) is 4.79. The van der Waals surface area contributed by atoms with Gasteiger partial charge in [-0.3, -0.25) is 0 Å². The lowest BCUT2D eigenvalue weighted by atomic mass is 9.79. The zero-order valence-electron chi connectivity index (χ0n) is 14.3. The van der Waals surface area contributed by atoms with Crippen LogP contribution in [0.1, 0.15) is 22.6 Å². The SMILES string of the molecule is OB(O)c1ccc2cc(C(c3ccccc3)c3ccccc3)ccc2c1. The highest BCUT2D eigenvalue weighted by atomic mass is 16.4. The molecule has 0 heterocycles. The van der Waals surface area contributed by atoms with E-state index < -0.39 is 7.12 Å². The van der Waals surface area contributed by atoms with E-state index >= 15 is 0 Å². The summed E-state index contributed by atoms with van der Waals surface area (Å²) in [6, 6.07) is 32.9. The van der Waals surface area contributed by atoms with Gasteiger partial charge in [-0.05, 0) is 32.9 Å². The molecule has 2 nitrogen and oxygen atoms in total. The van der Waals surface area contributed by atoms with Gasteiger partial charge in [0.15, 0.2) is 0 Å². The van der Waals surface area contributed by atoms with Gasteiger partial charge in [-0.25, -0.2) is 0 Å². The van der Waals surface area contributed by atoms with E-state index in [1.807, 2.05) is 24.3 Å². The van der Waals surface area contributed by atoms with Crippen LogP contribution in [0.2, 0.25) is 0 Å². The van der Waals surface area contributed by atoms with E-state index in [1.165, 1.54) is 16.7 Å². The normalized spacial score (nSPS) is 11.0. The summed E-state index contributed by atoms with van der Waals surface area (Å²) in [7, 11) is -1.44. The summed E-state index contributed by atoms with van der Waals surface area (Å²) in [5.41, 5.74) is 4.22. The molecule has 4 aromatic carbocycles. The Morgan fingerprint density at radius 2 is 1.08 bits per heavy atom. The van der Waals surface area contributed by atoms with Crippen LogP contribution >= 0.6 is 0 Å². The molecule has 0 amide bonds. The van der Waals surface area contributed by atoms with Gasteiger partial charge in [-0.15, -0.1) is 0 Å². The summed E-state index contributed by atoms with van der Waals surface area (Å²) in [6.07, 6.45) is 0. The van der Waals surface area contributed by atoms with Gasteiger partial charge in [-0.2, -0.15) is 0 Å². The van der Waals surface area contributed by atoms with Gasteiger partial charge in [0, 0.05) is 5.92 Å². The van der Waals surface area contributed by atoms with E-state index in [1.54, 1.807) is 6.07 Å². The van der Waals surface area contributed by atoms with Crippen molar-refractivity contribution in [3.05, 3.63) is 114 Å². The molecule has 0 aromatic heterocycles. The molecule has 0 saturated heterocycles. The van der Waals surface area contributed by atoms with Crippen molar-refractivity contribution in [2.24, 2.45) is 0 Å². The lowest BCUT2D eigenvalue weighted by molar-refractivity contribution is 0.426. The first-order valence-corrected chi connectivity index (χ1v) is 8.72. The molecule has 3 heteroatoms. The minimum absolute atomic E-state index is 0.157. The molecule has 0 saturated carbocycles. The molecular weight excluding hydrogens is 319 g/mol. The third-order valence-corrected chi connectivity index (χ3v) is 4.79. The van der Waals surface area contributed by atoms with Gasteiger partial charge in [-0.1, -0.05) is 97.1 Å². The number of benzene rings is 4. The second-order valence-electron chi connectivity index (χ2n) is 6.49. The molecule has 26 heavy (non-hydrogen) atoms. The smallest absolute Gasteiger partial charge is 0.423 e.